The highest BCUT2D eigenvalue weighted by Gasteiger charge is 2.39. The lowest BCUT2D eigenvalue weighted by Crippen LogP contribution is -2.39. The minimum atomic E-state index is -0.774. The van der Waals surface area contributed by atoms with E-state index >= 15 is 0 Å². The van der Waals surface area contributed by atoms with E-state index in [1.807, 2.05) is 18.2 Å². The maximum atomic E-state index is 12.6. The van der Waals surface area contributed by atoms with E-state index in [1.54, 1.807) is 26.0 Å². The molecule has 1 aliphatic rings. The van der Waals surface area contributed by atoms with E-state index in [9.17, 15) is 4.79 Å². The lowest BCUT2D eigenvalue weighted by molar-refractivity contribution is -0.186. The Morgan fingerprint density at radius 3 is 2.62 bits per heavy atom. The Morgan fingerprint density at radius 1 is 1.38 bits per heavy atom. The largest absolute Gasteiger partial charge is 0.272 e. The van der Waals surface area contributed by atoms with Crippen molar-refractivity contribution in [3.8, 4) is 12.1 Å². The number of carbonyl (C=O) groups is 1. The van der Waals surface area contributed by atoms with E-state index in [0.717, 1.165) is 5.56 Å². The average Bonchev–Trinajstić information content (AvgIpc) is 2.95. The predicted molar refractivity (Wildman–Crippen MR) is 75.3 cm³/mol. The third-order valence-corrected chi connectivity index (χ3v) is 3.63. The van der Waals surface area contributed by atoms with Crippen LogP contribution in [0.5, 0.6) is 0 Å². The van der Waals surface area contributed by atoms with Crippen molar-refractivity contribution < 1.29 is 9.63 Å². The first-order valence-corrected chi connectivity index (χ1v) is 6.83. The Labute approximate surface area is 124 Å². The molecule has 1 fully saturated rings. The normalized spacial score (nSPS) is 18.1. The molecule has 1 amide bonds. The Kier molecular flexibility index (Phi) is 4.26. The van der Waals surface area contributed by atoms with Gasteiger partial charge in [-0.2, -0.15) is 10.5 Å². The van der Waals surface area contributed by atoms with Crippen LogP contribution >= 0.6 is 0 Å². The van der Waals surface area contributed by atoms with Crippen LogP contribution in [0.3, 0.4) is 0 Å². The molecule has 1 aliphatic heterocycles. The predicted octanol–water partition coefficient (Wildman–Crippen LogP) is 2.70. The molecule has 0 N–H and O–H groups in total. The number of rotatable bonds is 3. The maximum absolute atomic E-state index is 12.6. The lowest BCUT2D eigenvalue weighted by atomic mass is 9.88. The number of carbonyl (C=O) groups excluding carboxylic acids is 1. The highest BCUT2D eigenvalue weighted by molar-refractivity contribution is 5.82. The zero-order chi connectivity index (χ0) is 15.5. The number of hydroxylamine groups is 2. The van der Waals surface area contributed by atoms with E-state index < -0.39 is 5.41 Å². The van der Waals surface area contributed by atoms with E-state index in [0.29, 0.717) is 18.6 Å². The Balaban J connectivity index is 2.22. The van der Waals surface area contributed by atoms with Crippen molar-refractivity contribution >= 4 is 5.91 Å². The summed E-state index contributed by atoms with van der Waals surface area (Å²) >= 11 is 0. The Bertz CT molecular complexity index is 608. The standard InChI is InChI=1S/C16H17N3O2/c1-16(2,8-9-17)15(20)19-14(7-10-21-19)13-5-3-12(11-18)4-6-13/h3-6,14H,7-8,10H2,1-2H3/t14-/m0/s1. The van der Waals surface area contributed by atoms with Gasteiger partial charge in [0.25, 0.3) is 5.91 Å². The smallest absolute Gasteiger partial charge is 0.253 e. The number of benzene rings is 1. The van der Waals surface area contributed by atoms with Crippen molar-refractivity contribution in [1.82, 2.24) is 5.06 Å². The quantitative estimate of drug-likeness (QED) is 0.854. The molecule has 0 radical (unpaired) electrons. The molecular weight excluding hydrogens is 266 g/mol. The average molecular weight is 283 g/mol. The summed E-state index contributed by atoms with van der Waals surface area (Å²) in [6.07, 6.45) is 0.853. The third kappa shape index (κ3) is 3.04. The summed E-state index contributed by atoms with van der Waals surface area (Å²) in [5, 5.41) is 19.1. The van der Waals surface area contributed by atoms with Crippen molar-refractivity contribution in [3.63, 3.8) is 0 Å². The topological polar surface area (TPSA) is 77.1 Å². The summed E-state index contributed by atoms with van der Waals surface area (Å²) in [5.41, 5.74) is 0.747. The molecule has 0 unspecified atom stereocenters. The molecule has 0 bridgehead atoms. The van der Waals surface area contributed by atoms with Crippen molar-refractivity contribution in [2.45, 2.75) is 32.7 Å². The van der Waals surface area contributed by atoms with Gasteiger partial charge in [0.1, 0.15) is 0 Å². The number of nitriles is 2. The van der Waals surface area contributed by atoms with Gasteiger partial charge < -0.3 is 0 Å². The van der Waals surface area contributed by atoms with Crippen LogP contribution in [0.25, 0.3) is 0 Å². The van der Waals surface area contributed by atoms with Crippen LogP contribution in [0.1, 0.15) is 43.9 Å². The monoisotopic (exact) mass is 283 g/mol. The van der Waals surface area contributed by atoms with E-state index in [2.05, 4.69) is 6.07 Å². The molecule has 0 spiro atoms. The molecule has 2 rings (SSSR count). The second-order valence-corrected chi connectivity index (χ2v) is 5.72. The summed E-state index contributed by atoms with van der Waals surface area (Å²) in [7, 11) is 0. The first-order valence-electron chi connectivity index (χ1n) is 6.83. The van der Waals surface area contributed by atoms with Gasteiger partial charge in [0.15, 0.2) is 0 Å². The van der Waals surface area contributed by atoms with Crippen molar-refractivity contribution in [2.24, 2.45) is 5.41 Å². The van der Waals surface area contributed by atoms with Gasteiger partial charge in [-0.05, 0) is 31.5 Å². The van der Waals surface area contributed by atoms with Gasteiger partial charge in [0, 0.05) is 12.8 Å². The zero-order valence-electron chi connectivity index (χ0n) is 12.2. The Hall–Kier alpha value is -2.37. The number of nitrogens with zero attached hydrogens (tertiary/aromatic N) is 3. The van der Waals surface area contributed by atoms with E-state index in [4.69, 9.17) is 15.4 Å². The fraction of sp³-hybridized carbons (Fsp3) is 0.438. The van der Waals surface area contributed by atoms with Crippen LogP contribution < -0.4 is 0 Å². The van der Waals surface area contributed by atoms with E-state index in [1.165, 1.54) is 5.06 Å². The molecule has 108 valence electrons. The van der Waals surface area contributed by atoms with Gasteiger partial charge in [-0.15, -0.1) is 0 Å². The molecule has 1 saturated heterocycles. The summed E-state index contributed by atoms with van der Waals surface area (Å²) in [5.74, 6) is -0.184. The minimum Gasteiger partial charge on any atom is -0.272 e. The maximum Gasteiger partial charge on any atom is 0.253 e. The second-order valence-electron chi connectivity index (χ2n) is 5.72. The lowest BCUT2D eigenvalue weighted by Gasteiger charge is -2.30. The van der Waals surface area contributed by atoms with Crippen LogP contribution in [0.15, 0.2) is 24.3 Å². The van der Waals surface area contributed by atoms with Crippen molar-refractivity contribution in [2.75, 3.05) is 6.61 Å². The van der Waals surface area contributed by atoms with Crippen LogP contribution in [-0.4, -0.2) is 17.6 Å². The Morgan fingerprint density at radius 2 is 2.05 bits per heavy atom. The molecule has 1 heterocycles. The van der Waals surface area contributed by atoms with Crippen LogP contribution in [0.2, 0.25) is 0 Å². The SMILES string of the molecule is CC(C)(CC#N)C(=O)N1OCC[C@H]1c1ccc(C#N)cc1. The van der Waals surface area contributed by atoms with Gasteiger partial charge >= 0.3 is 0 Å². The first kappa shape index (κ1) is 15.0. The fourth-order valence-corrected chi connectivity index (χ4v) is 2.32. The number of hydrogen-bond acceptors (Lipinski definition) is 4. The molecule has 1 atom stereocenters. The van der Waals surface area contributed by atoms with Crippen LogP contribution in [0, 0.1) is 28.1 Å². The van der Waals surface area contributed by atoms with Crippen molar-refractivity contribution in [1.29, 1.82) is 10.5 Å². The molecule has 0 saturated carbocycles. The number of amides is 1. The minimum absolute atomic E-state index is 0.145. The highest BCUT2D eigenvalue weighted by Crippen LogP contribution is 2.35. The molecule has 0 aliphatic carbocycles. The highest BCUT2D eigenvalue weighted by atomic mass is 16.7. The van der Waals surface area contributed by atoms with E-state index in [-0.39, 0.29) is 18.4 Å². The van der Waals surface area contributed by atoms with Gasteiger partial charge in [-0.3, -0.25) is 9.63 Å². The third-order valence-electron chi connectivity index (χ3n) is 3.63. The molecule has 1 aromatic rings. The summed E-state index contributed by atoms with van der Waals surface area (Å²) in [4.78, 5) is 18.0. The number of hydrogen-bond donors (Lipinski definition) is 0. The summed E-state index contributed by atoms with van der Waals surface area (Å²) in [6, 6.07) is 11.1. The van der Waals surface area contributed by atoms with Gasteiger partial charge in [0.05, 0.1) is 35.8 Å². The van der Waals surface area contributed by atoms with Gasteiger partial charge in [-0.25, -0.2) is 5.06 Å². The molecule has 1 aromatic carbocycles. The molecule has 0 aromatic heterocycles. The molecule has 5 heteroatoms. The van der Waals surface area contributed by atoms with Crippen LogP contribution in [-0.2, 0) is 9.63 Å². The van der Waals surface area contributed by atoms with Crippen molar-refractivity contribution in [3.05, 3.63) is 35.4 Å². The molecule has 21 heavy (non-hydrogen) atoms. The summed E-state index contributed by atoms with van der Waals surface area (Å²) in [6.45, 7) is 3.96. The zero-order valence-corrected chi connectivity index (χ0v) is 12.2. The summed E-state index contributed by atoms with van der Waals surface area (Å²) < 4.78 is 0. The van der Waals surface area contributed by atoms with Gasteiger partial charge in [-0.1, -0.05) is 12.1 Å². The van der Waals surface area contributed by atoms with Gasteiger partial charge in [0.2, 0.25) is 0 Å². The molecule has 5 nitrogen and oxygen atoms in total. The fourth-order valence-electron chi connectivity index (χ4n) is 2.32. The molecular formula is C16H17N3O2. The van der Waals surface area contributed by atoms with Crippen LogP contribution in [0.4, 0.5) is 0 Å². The second kappa shape index (κ2) is 5.95. The first-order chi connectivity index (χ1) is 9.99.